The van der Waals surface area contributed by atoms with E-state index in [0.29, 0.717) is 18.8 Å². The van der Waals surface area contributed by atoms with Gasteiger partial charge in [0, 0.05) is 26.0 Å². The molecule has 0 bridgehead atoms. The largest absolute Gasteiger partial charge is 0.382 e. The molecule has 1 saturated heterocycles. The minimum atomic E-state index is -1.02. The molecule has 0 saturated carbocycles. The number of terminal acetylenes is 1. The van der Waals surface area contributed by atoms with Crippen molar-refractivity contribution in [3.05, 3.63) is 17.5 Å². The Morgan fingerprint density at radius 1 is 1.26 bits per heavy atom. The molecule has 2 heterocycles. The van der Waals surface area contributed by atoms with Crippen molar-refractivity contribution in [2.24, 2.45) is 11.8 Å². The van der Waals surface area contributed by atoms with Gasteiger partial charge in [-0.15, -0.1) is 12.3 Å². The lowest BCUT2D eigenvalue weighted by Gasteiger charge is -2.24. The Morgan fingerprint density at radius 3 is 2.44 bits per heavy atom. The molecule has 10 heteroatoms. The van der Waals surface area contributed by atoms with E-state index in [-0.39, 0.29) is 36.8 Å². The predicted molar refractivity (Wildman–Crippen MR) is 122 cm³/mol. The number of hydrogen-bond donors (Lipinski definition) is 2. The van der Waals surface area contributed by atoms with Crippen LogP contribution in [0.25, 0.3) is 0 Å². The van der Waals surface area contributed by atoms with Gasteiger partial charge in [0.2, 0.25) is 5.91 Å². The van der Waals surface area contributed by atoms with Gasteiger partial charge in [0.15, 0.2) is 17.3 Å². The van der Waals surface area contributed by atoms with Crippen LogP contribution in [0.2, 0.25) is 0 Å². The number of rotatable bonds is 14. The monoisotopic (exact) mass is 475 g/mol. The van der Waals surface area contributed by atoms with Gasteiger partial charge >= 0.3 is 0 Å². The fourth-order valence-electron chi connectivity index (χ4n) is 3.48. The molecule has 4 atom stereocenters. The van der Waals surface area contributed by atoms with Gasteiger partial charge in [0.05, 0.1) is 25.2 Å². The van der Waals surface area contributed by atoms with Crippen molar-refractivity contribution in [2.75, 3.05) is 20.3 Å². The molecule has 2 N–H and O–H groups in total. The van der Waals surface area contributed by atoms with E-state index in [1.165, 1.54) is 13.2 Å². The summed E-state index contributed by atoms with van der Waals surface area (Å²) in [5, 5.41) is 8.96. The smallest absolute Gasteiger partial charge is 0.274 e. The van der Waals surface area contributed by atoms with Crippen LogP contribution < -0.4 is 10.6 Å². The fourth-order valence-corrected chi connectivity index (χ4v) is 3.48. The van der Waals surface area contributed by atoms with Crippen LogP contribution in [0.3, 0.4) is 0 Å². The molecular formula is C24H33N3O7. The molecule has 1 aromatic heterocycles. The molecule has 34 heavy (non-hydrogen) atoms. The Hall–Kier alpha value is -3.03. The molecule has 2 rings (SSSR count). The Balaban J connectivity index is 2.09. The van der Waals surface area contributed by atoms with Crippen LogP contribution in [0.4, 0.5) is 0 Å². The number of hydrogen-bond acceptors (Lipinski definition) is 8. The van der Waals surface area contributed by atoms with Gasteiger partial charge in [-0.25, -0.2) is 0 Å². The molecule has 10 nitrogen and oxygen atoms in total. The van der Waals surface area contributed by atoms with E-state index in [0.717, 1.165) is 0 Å². The molecular weight excluding hydrogens is 442 g/mol. The maximum Gasteiger partial charge on any atom is 0.274 e. The molecule has 186 valence electrons. The van der Waals surface area contributed by atoms with E-state index in [9.17, 15) is 19.2 Å². The predicted octanol–water partition coefficient (Wildman–Crippen LogP) is 1.22. The van der Waals surface area contributed by atoms with Crippen LogP contribution >= 0.6 is 0 Å². The summed E-state index contributed by atoms with van der Waals surface area (Å²) >= 11 is 0. The van der Waals surface area contributed by atoms with Crippen molar-refractivity contribution in [3.8, 4) is 12.3 Å². The van der Waals surface area contributed by atoms with Crippen LogP contribution in [0.5, 0.6) is 0 Å². The second-order valence-corrected chi connectivity index (χ2v) is 9.15. The van der Waals surface area contributed by atoms with Gasteiger partial charge in [0.25, 0.3) is 5.91 Å². The van der Waals surface area contributed by atoms with E-state index in [4.69, 9.17) is 20.4 Å². The number of aromatic nitrogens is 1. The molecule has 1 aliphatic rings. The highest BCUT2D eigenvalue weighted by molar-refractivity contribution is 5.99. The van der Waals surface area contributed by atoms with Crippen LogP contribution in [0.15, 0.2) is 10.6 Å². The first-order chi connectivity index (χ1) is 16.0. The molecule has 0 aromatic carbocycles. The highest BCUT2D eigenvalue weighted by Crippen LogP contribution is 2.30. The highest BCUT2D eigenvalue weighted by Gasteiger charge is 2.50. The molecule has 2 amide bonds. The third-order valence-electron chi connectivity index (χ3n) is 5.51. The number of methoxy groups -OCH3 is 1. The molecule has 1 fully saturated rings. The molecule has 1 aromatic rings. The minimum absolute atomic E-state index is 0.00986. The second-order valence-electron chi connectivity index (χ2n) is 9.15. The lowest BCUT2D eigenvalue weighted by Crippen LogP contribution is -2.50. The molecule has 0 unspecified atom stereocenters. The van der Waals surface area contributed by atoms with Crippen molar-refractivity contribution in [1.29, 1.82) is 0 Å². The number of Topliss-reactive ketones (excluding diaryl/α,β-unsaturated/α-hetero) is 2. The maximum absolute atomic E-state index is 13.0. The number of carbonyl (C=O) groups excluding carboxylic acids is 4. The number of nitrogens with zero attached hydrogens (tertiary/aromatic N) is 1. The SMILES string of the molecule is C#CC[C@H](CC(=O)[C@H](COC)NC(=O)c1cc(C)on1)C(=O)N[C@@H](CC(C)C)C(=O)[C@@]1(C)CO1. The summed E-state index contributed by atoms with van der Waals surface area (Å²) in [4.78, 5) is 51.3. The van der Waals surface area contributed by atoms with E-state index in [1.807, 2.05) is 13.8 Å². The summed E-state index contributed by atoms with van der Waals surface area (Å²) < 4.78 is 15.2. The third kappa shape index (κ3) is 7.50. The van der Waals surface area contributed by atoms with Crippen molar-refractivity contribution < 1.29 is 33.2 Å². The Labute approximate surface area is 199 Å². The first-order valence-corrected chi connectivity index (χ1v) is 11.2. The van der Waals surface area contributed by atoms with Gasteiger partial charge in [-0.3, -0.25) is 19.2 Å². The maximum atomic E-state index is 13.0. The number of aryl methyl sites for hydroxylation is 1. The number of carbonyl (C=O) groups is 4. The number of epoxide rings is 1. The summed E-state index contributed by atoms with van der Waals surface area (Å²) in [6, 6.07) is -0.330. The van der Waals surface area contributed by atoms with Crippen molar-refractivity contribution in [1.82, 2.24) is 15.8 Å². The van der Waals surface area contributed by atoms with E-state index >= 15 is 0 Å². The zero-order valence-electron chi connectivity index (χ0n) is 20.3. The van der Waals surface area contributed by atoms with Gasteiger partial charge < -0.3 is 24.6 Å². The number of amides is 2. The summed E-state index contributed by atoms with van der Waals surface area (Å²) in [5.74, 6) is 0.392. The number of nitrogens with one attached hydrogen (secondary N) is 2. The van der Waals surface area contributed by atoms with Gasteiger partial charge in [-0.05, 0) is 26.2 Å². The number of ketones is 2. The first kappa shape index (κ1) is 27.2. The number of ether oxygens (including phenoxy) is 2. The zero-order valence-corrected chi connectivity index (χ0v) is 20.3. The standard InChI is InChI=1S/C24H33N3O7/c1-7-8-16(22(30)25-17(9-14(2)3)21(29)24(5)13-33-24)11-20(28)19(12-32-6)26-23(31)18-10-15(4)34-27-18/h1,10,14,16-17,19H,8-9,11-13H2,2-6H3,(H,25,30)(H,26,31)/t16-,17+,19+,24-/m1/s1. The van der Waals surface area contributed by atoms with Gasteiger partial charge in [0.1, 0.15) is 17.4 Å². The summed E-state index contributed by atoms with van der Waals surface area (Å²) in [5.41, 5.74) is -0.868. The topological polar surface area (TPSA) is 140 Å². The molecule has 0 aliphatic carbocycles. The van der Waals surface area contributed by atoms with Crippen molar-refractivity contribution in [3.63, 3.8) is 0 Å². The van der Waals surface area contributed by atoms with Gasteiger partial charge in [-0.2, -0.15) is 0 Å². The normalized spacial score (nSPS) is 19.6. The lowest BCUT2D eigenvalue weighted by molar-refractivity contribution is -0.134. The first-order valence-electron chi connectivity index (χ1n) is 11.2. The van der Waals surface area contributed by atoms with Crippen LogP contribution in [-0.2, 0) is 23.9 Å². The average Bonchev–Trinajstić information content (AvgIpc) is 3.37. The van der Waals surface area contributed by atoms with Crippen molar-refractivity contribution >= 4 is 23.4 Å². The lowest BCUT2D eigenvalue weighted by atomic mass is 9.91. The summed E-state index contributed by atoms with van der Waals surface area (Å²) in [6.07, 6.45) is 5.63. The Bertz CT molecular complexity index is 943. The Morgan fingerprint density at radius 2 is 1.94 bits per heavy atom. The quantitative estimate of drug-likeness (QED) is 0.302. The Kier molecular flexibility index (Phi) is 9.53. The highest BCUT2D eigenvalue weighted by atomic mass is 16.6. The van der Waals surface area contributed by atoms with Crippen LogP contribution in [-0.4, -0.2) is 66.5 Å². The van der Waals surface area contributed by atoms with Crippen molar-refractivity contribution in [2.45, 2.75) is 64.6 Å². The molecule has 0 radical (unpaired) electrons. The van der Waals surface area contributed by atoms with E-state index < -0.39 is 41.2 Å². The summed E-state index contributed by atoms with van der Waals surface area (Å²) in [7, 11) is 1.39. The molecule has 1 aliphatic heterocycles. The fraction of sp³-hybridized carbons (Fsp3) is 0.625. The van der Waals surface area contributed by atoms with E-state index in [1.54, 1.807) is 13.8 Å². The minimum Gasteiger partial charge on any atom is -0.382 e. The van der Waals surface area contributed by atoms with Crippen LogP contribution in [0, 0.1) is 31.1 Å². The third-order valence-corrected chi connectivity index (χ3v) is 5.51. The zero-order chi connectivity index (χ0) is 25.5. The van der Waals surface area contributed by atoms with E-state index in [2.05, 4.69) is 21.7 Å². The summed E-state index contributed by atoms with van der Waals surface area (Å²) in [6.45, 7) is 7.42. The second kappa shape index (κ2) is 11.9. The van der Waals surface area contributed by atoms with Gasteiger partial charge in [-0.1, -0.05) is 19.0 Å². The average molecular weight is 476 g/mol. The molecule has 0 spiro atoms. The van der Waals surface area contributed by atoms with Crippen LogP contribution in [0.1, 0.15) is 56.3 Å².